The van der Waals surface area contributed by atoms with E-state index < -0.39 is 11.4 Å². The Morgan fingerprint density at radius 1 is 1.13 bits per heavy atom. The predicted molar refractivity (Wildman–Crippen MR) is 153 cm³/mol. The molecule has 1 aromatic carbocycles. The minimum Gasteiger partial charge on any atom is -0.478 e. The van der Waals surface area contributed by atoms with Crippen molar-refractivity contribution >= 4 is 23.6 Å². The molecule has 1 amide bonds. The third kappa shape index (κ3) is 5.75. The van der Waals surface area contributed by atoms with Gasteiger partial charge in [0, 0.05) is 24.1 Å². The number of allylic oxidation sites excluding steroid dienone is 2. The topological polar surface area (TPSA) is 70.5 Å². The van der Waals surface area contributed by atoms with Gasteiger partial charge in [-0.2, -0.15) is 0 Å². The van der Waals surface area contributed by atoms with Crippen molar-refractivity contribution in [2.24, 2.45) is 0 Å². The lowest BCUT2D eigenvalue weighted by Gasteiger charge is -2.30. The van der Waals surface area contributed by atoms with Crippen LogP contribution in [0.5, 0.6) is 0 Å². The first kappa shape index (κ1) is 26.7. The van der Waals surface area contributed by atoms with Gasteiger partial charge in [0.2, 0.25) is 5.91 Å². The maximum Gasteiger partial charge on any atom is 0.332 e. The van der Waals surface area contributed by atoms with Gasteiger partial charge in [-0.05, 0) is 92.4 Å². The molecule has 0 spiro atoms. The highest BCUT2D eigenvalue weighted by Gasteiger charge is 2.54. The third-order valence-electron chi connectivity index (χ3n) is 8.28. The summed E-state index contributed by atoms with van der Waals surface area (Å²) in [4.78, 5) is 34.5. The minimum absolute atomic E-state index is 0.160. The average molecular weight is 531 g/mol. The van der Waals surface area contributed by atoms with Crippen molar-refractivity contribution in [1.29, 1.82) is 0 Å². The smallest absolute Gasteiger partial charge is 0.332 e. The number of benzene rings is 1. The molecule has 5 rings (SSSR count). The maximum atomic E-state index is 14.2. The number of hydrogen-bond donors (Lipinski definition) is 1. The SMILES string of the molecule is CCc1ccc(C2(C(=O)N(CCCc3cccc(C4CC4)c3)CC3=C(C)CC(C(=O)O)=C(C)S3)CC2)nc1. The monoisotopic (exact) mass is 530 g/mol. The number of carboxylic acid groups (broad SMARTS) is 1. The molecule has 2 fully saturated rings. The molecule has 0 unspecified atom stereocenters. The van der Waals surface area contributed by atoms with Crippen molar-refractivity contribution in [3.63, 3.8) is 0 Å². The number of aromatic nitrogens is 1. The molecule has 1 N–H and O–H groups in total. The lowest BCUT2D eigenvalue weighted by atomic mass is 9.98. The first-order valence-corrected chi connectivity index (χ1v) is 14.8. The molecular formula is C32H38N2O3S. The van der Waals surface area contributed by atoms with Crippen molar-refractivity contribution in [3.8, 4) is 0 Å². The molecule has 1 aromatic heterocycles. The third-order valence-corrected chi connectivity index (χ3v) is 9.55. The summed E-state index contributed by atoms with van der Waals surface area (Å²) >= 11 is 1.52. The molecule has 2 aliphatic carbocycles. The van der Waals surface area contributed by atoms with E-state index in [-0.39, 0.29) is 5.91 Å². The summed E-state index contributed by atoms with van der Waals surface area (Å²) < 4.78 is 0. The van der Waals surface area contributed by atoms with Crippen LogP contribution in [0.25, 0.3) is 0 Å². The van der Waals surface area contributed by atoms with Crippen LogP contribution in [0.2, 0.25) is 0 Å². The quantitative estimate of drug-likeness (QED) is 0.347. The average Bonchev–Trinajstić information content (AvgIpc) is 3.84. The van der Waals surface area contributed by atoms with Crippen LogP contribution in [0.4, 0.5) is 0 Å². The molecule has 2 saturated carbocycles. The van der Waals surface area contributed by atoms with Crippen molar-refractivity contribution in [2.75, 3.05) is 13.1 Å². The fraction of sp³-hybridized carbons (Fsp3) is 0.469. The van der Waals surface area contributed by atoms with Crippen molar-refractivity contribution < 1.29 is 14.7 Å². The normalized spacial score (nSPS) is 18.5. The molecule has 2 aromatic rings. The van der Waals surface area contributed by atoms with Gasteiger partial charge in [0.05, 0.1) is 23.2 Å². The van der Waals surface area contributed by atoms with Gasteiger partial charge in [-0.25, -0.2) is 4.79 Å². The maximum absolute atomic E-state index is 14.2. The summed E-state index contributed by atoms with van der Waals surface area (Å²) in [7, 11) is 0. The number of hydrogen-bond acceptors (Lipinski definition) is 4. The van der Waals surface area contributed by atoms with Crippen LogP contribution in [0, 0.1) is 0 Å². The van der Waals surface area contributed by atoms with Crippen molar-refractivity contribution in [3.05, 3.63) is 85.9 Å². The van der Waals surface area contributed by atoms with Crippen LogP contribution in [-0.2, 0) is 27.8 Å². The van der Waals surface area contributed by atoms with E-state index in [0.717, 1.165) is 59.1 Å². The number of carbonyl (C=O) groups is 2. The number of pyridine rings is 1. The second-order valence-electron chi connectivity index (χ2n) is 11.2. The van der Waals surface area contributed by atoms with Gasteiger partial charge in [-0.3, -0.25) is 9.78 Å². The lowest BCUT2D eigenvalue weighted by molar-refractivity contribution is -0.134. The molecule has 5 nitrogen and oxygen atoms in total. The van der Waals surface area contributed by atoms with Crippen LogP contribution in [-0.4, -0.2) is 40.0 Å². The highest BCUT2D eigenvalue weighted by atomic mass is 32.2. The molecule has 0 bridgehead atoms. The zero-order valence-electron chi connectivity index (χ0n) is 22.8. The highest BCUT2D eigenvalue weighted by Crippen LogP contribution is 2.49. The first-order chi connectivity index (χ1) is 18.3. The number of carbonyl (C=O) groups excluding carboxylic acids is 1. The number of carboxylic acids is 1. The summed E-state index contributed by atoms with van der Waals surface area (Å²) in [6, 6.07) is 13.1. The first-order valence-electron chi connectivity index (χ1n) is 13.9. The molecule has 1 aliphatic heterocycles. The Kier molecular flexibility index (Phi) is 7.80. The van der Waals surface area contributed by atoms with E-state index in [0.29, 0.717) is 25.1 Å². The van der Waals surface area contributed by atoms with Crippen molar-refractivity contribution in [2.45, 2.75) is 83.5 Å². The van der Waals surface area contributed by atoms with Crippen LogP contribution in [0.3, 0.4) is 0 Å². The van der Waals surface area contributed by atoms with Gasteiger partial charge in [0.25, 0.3) is 0 Å². The minimum atomic E-state index is -0.853. The number of aryl methyl sites for hydroxylation is 2. The Labute approximate surface area is 230 Å². The number of nitrogens with zero attached hydrogens (tertiary/aromatic N) is 2. The fourth-order valence-electron chi connectivity index (χ4n) is 5.46. The number of thioether (sulfide) groups is 1. The molecule has 0 atom stereocenters. The van der Waals surface area contributed by atoms with Gasteiger partial charge in [0.1, 0.15) is 0 Å². The summed E-state index contributed by atoms with van der Waals surface area (Å²) in [6.45, 7) is 7.19. The molecule has 0 radical (unpaired) electrons. The Morgan fingerprint density at radius 2 is 1.92 bits per heavy atom. The summed E-state index contributed by atoms with van der Waals surface area (Å²) in [5, 5.41) is 9.58. The highest BCUT2D eigenvalue weighted by molar-refractivity contribution is 8.06. The van der Waals surface area contributed by atoms with Gasteiger partial charge in [-0.1, -0.05) is 54.6 Å². The zero-order chi connectivity index (χ0) is 26.9. The largest absolute Gasteiger partial charge is 0.478 e. The van der Waals surface area contributed by atoms with E-state index in [1.165, 1.54) is 41.3 Å². The fourth-order valence-corrected chi connectivity index (χ4v) is 6.58. The molecule has 2 heterocycles. The van der Waals surface area contributed by atoms with Gasteiger partial charge in [0.15, 0.2) is 0 Å². The second kappa shape index (κ2) is 11.1. The van der Waals surface area contributed by atoms with Crippen molar-refractivity contribution in [1.82, 2.24) is 9.88 Å². The zero-order valence-corrected chi connectivity index (χ0v) is 23.6. The molecular weight excluding hydrogens is 492 g/mol. The molecule has 0 saturated heterocycles. The molecule has 200 valence electrons. The second-order valence-corrected chi connectivity index (χ2v) is 12.5. The predicted octanol–water partition coefficient (Wildman–Crippen LogP) is 6.78. The van der Waals surface area contributed by atoms with E-state index in [1.807, 2.05) is 31.0 Å². The summed E-state index contributed by atoms with van der Waals surface area (Å²) in [5.74, 6) is 0.0420. The Balaban J connectivity index is 1.34. The van der Waals surface area contributed by atoms with E-state index in [2.05, 4.69) is 37.3 Å². The number of rotatable bonds is 11. The Hall–Kier alpha value is -2.86. The van der Waals surface area contributed by atoms with Crippen LogP contribution >= 0.6 is 11.8 Å². The standard InChI is InChI=1S/C32H38N2O3S/c1-4-23-10-13-29(33-19-23)32(14-15-32)31(37)34(20-28-21(2)17-27(30(35)36)22(3)38-28)16-6-8-24-7-5-9-26(18-24)25-11-12-25/h5,7,9-10,13,18-19,25H,4,6,8,11-12,14-17,20H2,1-3H3,(H,35,36). The summed E-state index contributed by atoms with van der Waals surface area (Å²) in [5.41, 5.74) is 5.83. The van der Waals surface area contributed by atoms with E-state index in [9.17, 15) is 14.7 Å². The molecule has 3 aliphatic rings. The number of aliphatic carboxylic acids is 1. The molecule has 38 heavy (non-hydrogen) atoms. The van der Waals surface area contributed by atoms with Crippen LogP contribution < -0.4 is 0 Å². The number of amides is 1. The molecule has 6 heteroatoms. The van der Waals surface area contributed by atoms with Gasteiger partial charge in [-0.15, -0.1) is 0 Å². The Bertz CT molecular complexity index is 1290. The van der Waals surface area contributed by atoms with E-state index in [1.54, 1.807) is 0 Å². The summed E-state index contributed by atoms with van der Waals surface area (Å²) in [6.07, 6.45) is 9.36. The van der Waals surface area contributed by atoms with E-state index in [4.69, 9.17) is 4.98 Å². The Morgan fingerprint density at radius 3 is 2.55 bits per heavy atom. The lowest BCUT2D eigenvalue weighted by Crippen LogP contribution is -2.41. The van der Waals surface area contributed by atoms with Crippen LogP contribution in [0.15, 0.2) is 63.6 Å². The van der Waals surface area contributed by atoms with Gasteiger partial charge < -0.3 is 10.0 Å². The van der Waals surface area contributed by atoms with Crippen LogP contribution in [0.1, 0.15) is 87.6 Å². The van der Waals surface area contributed by atoms with E-state index >= 15 is 0 Å². The van der Waals surface area contributed by atoms with Gasteiger partial charge >= 0.3 is 5.97 Å².